The van der Waals surface area contributed by atoms with E-state index in [1.54, 1.807) is 12.1 Å². The minimum atomic E-state index is -0.329. The van der Waals surface area contributed by atoms with Gasteiger partial charge in [0, 0.05) is 11.8 Å². The van der Waals surface area contributed by atoms with Gasteiger partial charge in [0.05, 0.1) is 11.8 Å². The number of para-hydroxylation sites is 2. The van der Waals surface area contributed by atoms with Crippen LogP contribution in [0.5, 0.6) is 5.75 Å². The van der Waals surface area contributed by atoms with Crippen molar-refractivity contribution in [3.63, 3.8) is 0 Å². The predicted molar refractivity (Wildman–Crippen MR) is 107 cm³/mol. The first kappa shape index (κ1) is 18.4. The molecule has 138 valence electrons. The molecule has 1 heterocycles. The summed E-state index contributed by atoms with van der Waals surface area (Å²) < 4.78 is 5.73. The van der Waals surface area contributed by atoms with E-state index in [9.17, 15) is 4.79 Å². The Morgan fingerprint density at radius 1 is 1.04 bits per heavy atom. The second-order valence-electron chi connectivity index (χ2n) is 6.40. The third-order valence-corrected chi connectivity index (χ3v) is 3.72. The van der Waals surface area contributed by atoms with Crippen LogP contribution in [-0.4, -0.2) is 22.0 Å². The van der Waals surface area contributed by atoms with Crippen molar-refractivity contribution in [2.24, 2.45) is 0 Å². The van der Waals surface area contributed by atoms with Crippen LogP contribution in [0.15, 0.2) is 60.9 Å². The number of rotatable bonds is 6. The highest BCUT2D eigenvalue weighted by Crippen LogP contribution is 2.25. The van der Waals surface area contributed by atoms with E-state index in [0.717, 1.165) is 5.69 Å². The molecule has 0 aliphatic rings. The summed E-state index contributed by atoms with van der Waals surface area (Å²) in [7, 11) is 0. The fourth-order valence-corrected chi connectivity index (χ4v) is 2.45. The lowest BCUT2D eigenvalue weighted by molar-refractivity contribution is 0.102. The summed E-state index contributed by atoms with van der Waals surface area (Å²) >= 11 is 0. The minimum Gasteiger partial charge on any atom is -0.489 e. The van der Waals surface area contributed by atoms with Crippen LogP contribution < -0.4 is 15.4 Å². The first-order valence-corrected chi connectivity index (χ1v) is 8.74. The van der Waals surface area contributed by atoms with Gasteiger partial charge in [-0.25, -0.2) is 9.97 Å². The third-order valence-electron chi connectivity index (χ3n) is 3.72. The van der Waals surface area contributed by atoms with Crippen LogP contribution in [-0.2, 0) is 0 Å². The molecule has 0 fully saturated rings. The summed E-state index contributed by atoms with van der Waals surface area (Å²) in [6.07, 6.45) is 1.37. The standard InChI is InChI=1S/C21H22N4O2/c1-14(2)27-19-7-5-4-6-17(19)25-21(26)18-12-20(23-13-22-18)24-16-10-8-15(3)9-11-16/h4-14H,1-3H3,(H,25,26)(H,22,23,24). The van der Waals surface area contributed by atoms with E-state index in [1.807, 2.05) is 63.2 Å². The lowest BCUT2D eigenvalue weighted by Crippen LogP contribution is -2.16. The van der Waals surface area contributed by atoms with Gasteiger partial charge in [0.15, 0.2) is 0 Å². The summed E-state index contributed by atoms with van der Waals surface area (Å²) in [5.41, 5.74) is 2.92. The lowest BCUT2D eigenvalue weighted by Gasteiger charge is -2.14. The summed E-state index contributed by atoms with van der Waals surface area (Å²) in [4.78, 5) is 20.9. The number of nitrogens with one attached hydrogen (secondary N) is 2. The fourth-order valence-electron chi connectivity index (χ4n) is 2.45. The molecule has 0 unspecified atom stereocenters. The smallest absolute Gasteiger partial charge is 0.274 e. The zero-order valence-electron chi connectivity index (χ0n) is 15.6. The highest BCUT2D eigenvalue weighted by Gasteiger charge is 2.13. The quantitative estimate of drug-likeness (QED) is 0.672. The molecule has 2 N–H and O–H groups in total. The van der Waals surface area contributed by atoms with Crippen molar-refractivity contribution in [3.8, 4) is 5.75 Å². The SMILES string of the molecule is Cc1ccc(Nc2cc(C(=O)Nc3ccccc3OC(C)C)ncn2)cc1. The number of ether oxygens (including phenoxy) is 1. The van der Waals surface area contributed by atoms with Crippen LogP contribution in [0.3, 0.4) is 0 Å². The zero-order valence-corrected chi connectivity index (χ0v) is 15.6. The molecular formula is C21H22N4O2. The molecular weight excluding hydrogens is 340 g/mol. The van der Waals surface area contributed by atoms with Gasteiger partial charge in [-0.15, -0.1) is 0 Å². The largest absolute Gasteiger partial charge is 0.489 e. The Morgan fingerprint density at radius 3 is 2.52 bits per heavy atom. The van der Waals surface area contributed by atoms with E-state index in [0.29, 0.717) is 17.3 Å². The molecule has 27 heavy (non-hydrogen) atoms. The van der Waals surface area contributed by atoms with Crippen molar-refractivity contribution in [1.29, 1.82) is 0 Å². The number of hydrogen-bond acceptors (Lipinski definition) is 5. The number of amides is 1. The molecule has 0 aliphatic heterocycles. The maximum atomic E-state index is 12.6. The second kappa shape index (κ2) is 8.31. The van der Waals surface area contributed by atoms with Gasteiger partial charge in [-0.05, 0) is 45.0 Å². The molecule has 0 bridgehead atoms. The van der Waals surface area contributed by atoms with Crippen molar-refractivity contribution in [2.75, 3.05) is 10.6 Å². The van der Waals surface area contributed by atoms with Crippen molar-refractivity contribution < 1.29 is 9.53 Å². The number of carbonyl (C=O) groups excluding carboxylic acids is 1. The molecule has 2 aromatic carbocycles. The van der Waals surface area contributed by atoms with Crippen LogP contribution in [0.4, 0.5) is 17.2 Å². The van der Waals surface area contributed by atoms with E-state index in [-0.39, 0.29) is 17.7 Å². The molecule has 0 saturated heterocycles. The van der Waals surface area contributed by atoms with Crippen LogP contribution in [0, 0.1) is 6.92 Å². The monoisotopic (exact) mass is 362 g/mol. The molecule has 0 radical (unpaired) electrons. The number of aromatic nitrogens is 2. The van der Waals surface area contributed by atoms with Gasteiger partial charge in [-0.3, -0.25) is 4.79 Å². The predicted octanol–water partition coefficient (Wildman–Crippen LogP) is 4.57. The van der Waals surface area contributed by atoms with Crippen molar-refractivity contribution in [3.05, 3.63) is 72.2 Å². The number of carbonyl (C=O) groups is 1. The molecule has 3 rings (SSSR count). The number of anilines is 3. The van der Waals surface area contributed by atoms with Crippen LogP contribution >= 0.6 is 0 Å². The van der Waals surface area contributed by atoms with Crippen molar-refractivity contribution >= 4 is 23.1 Å². The van der Waals surface area contributed by atoms with Gasteiger partial charge < -0.3 is 15.4 Å². The number of nitrogens with zero attached hydrogens (tertiary/aromatic N) is 2. The molecule has 0 atom stereocenters. The van der Waals surface area contributed by atoms with E-state index < -0.39 is 0 Å². The minimum absolute atomic E-state index is 0.00686. The first-order valence-electron chi connectivity index (χ1n) is 8.74. The zero-order chi connectivity index (χ0) is 19.2. The van der Waals surface area contributed by atoms with Crippen molar-refractivity contribution in [2.45, 2.75) is 26.9 Å². The Hall–Kier alpha value is -3.41. The summed E-state index contributed by atoms with van der Waals surface area (Å²) in [5.74, 6) is 0.836. The topological polar surface area (TPSA) is 76.1 Å². The summed E-state index contributed by atoms with van der Waals surface area (Å²) in [6, 6.07) is 16.8. The Balaban J connectivity index is 1.75. The summed E-state index contributed by atoms with van der Waals surface area (Å²) in [6.45, 7) is 5.90. The molecule has 0 spiro atoms. The van der Waals surface area contributed by atoms with Gasteiger partial charge in [-0.1, -0.05) is 29.8 Å². The van der Waals surface area contributed by atoms with Crippen LogP contribution in [0.2, 0.25) is 0 Å². The number of aryl methyl sites for hydroxylation is 1. The highest BCUT2D eigenvalue weighted by atomic mass is 16.5. The van der Waals surface area contributed by atoms with Gasteiger partial charge in [0.25, 0.3) is 5.91 Å². The van der Waals surface area contributed by atoms with Crippen LogP contribution in [0.25, 0.3) is 0 Å². The van der Waals surface area contributed by atoms with Gasteiger partial charge >= 0.3 is 0 Å². The average Bonchev–Trinajstić information content (AvgIpc) is 2.65. The fraction of sp³-hybridized carbons (Fsp3) is 0.190. The Bertz CT molecular complexity index is 923. The molecule has 0 aliphatic carbocycles. The van der Waals surface area contributed by atoms with E-state index in [4.69, 9.17) is 4.74 Å². The number of hydrogen-bond donors (Lipinski definition) is 2. The Labute approximate surface area is 158 Å². The molecule has 6 nitrogen and oxygen atoms in total. The lowest BCUT2D eigenvalue weighted by atomic mass is 10.2. The molecule has 3 aromatic rings. The summed E-state index contributed by atoms with van der Waals surface area (Å²) in [5, 5.41) is 6.02. The normalized spacial score (nSPS) is 10.5. The van der Waals surface area contributed by atoms with Gasteiger partial charge in [-0.2, -0.15) is 0 Å². The maximum absolute atomic E-state index is 12.6. The average molecular weight is 362 g/mol. The molecule has 1 amide bonds. The van der Waals surface area contributed by atoms with E-state index in [2.05, 4.69) is 20.6 Å². The maximum Gasteiger partial charge on any atom is 0.274 e. The number of benzene rings is 2. The first-order chi connectivity index (χ1) is 13.0. The van der Waals surface area contributed by atoms with E-state index >= 15 is 0 Å². The van der Waals surface area contributed by atoms with E-state index in [1.165, 1.54) is 11.9 Å². The van der Waals surface area contributed by atoms with Crippen LogP contribution in [0.1, 0.15) is 29.9 Å². The second-order valence-corrected chi connectivity index (χ2v) is 6.40. The van der Waals surface area contributed by atoms with Gasteiger partial charge in [0.2, 0.25) is 0 Å². The molecule has 1 aromatic heterocycles. The third kappa shape index (κ3) is 5.04. The Morgan fingerprint density at radius 2 is 1.78 bits per heavy atom. The Kier molecular flexibility index (Phi) is 5.66. The van der Waals surface area contributed by atoms with Gasteiger partial charge in [0.1, 0.15) is 23.6 Å². The molecule has 0 saturated carbocycles. The van der Waals surface area contributed by atoms with Crippen molar-refractivity contribution in [1.82, 2.24) is 9.97 Å². The molecule has 6 heteroatoms. The highest BCUT2D eigenvalue weighted by molar-refractivity contribution is 6.04.